The molecule has 1 aliphatic carbocycles. The molecule has 0 aromatic carbocycles. The van der Waals surface area contributed by atoms with Crippen molar-refractivity contribution in [1.82, 2.24) is 10.2 Å². The molecule has 1 unspecified atom stereocenters. The quantitative estimate of drug-likeness (QED) is 0.791. The second-order valence-corrected chi connectivity index (χ2v) is 7.88. The van der Waals surface area contributed by atoms with Crippen LogP contribution in [0.5, 0.6) is 0 Å². The molecule has 0 bridgehead atoms. The lowest BCUT2D eigenvalue weighted by Crippen LogP contribution is -2.44. The number of rotatable bonds is 6. The Labute approximate surface area is 130 Å². The van der Waals surface area contributed by atoms with Gasteiger partial charge in [0.15, 0.2) is 0 Å². The van der Waals surface area contributed by atoms with Gasteiger partial charge in [-0.15, -0.1) is 0 Å². The summed E-state index contributed by atoms with van der Waals surface area (Å²) >= 11 is 0. The van der Waals surface area contributed by atoms with Gasteiger partial charge >= 0.3 is 6.03 Å². The number of urea groups is 1. The van der Waals surface area contributed by atoms with Crippen LogP contribution in [-0.2, 0) is 0 Å². The predicted molar refractivity (Wildman–Crippen MR) is 87.2 cm³/mol. The lowest BCUT2D eigenvalue weighted by molar-refractivity contribution is 0.126. The summed E-state index contributed by atoms with van der Waals surface area (Å²) < 4.78 is 0. The van der Waals surface area contributed by atoms with Crippen LogP contribution < -0.4 is 5.32 Å². The zero-order valence-corrected chi connectivity index (χ0v) is 14.5. The van der Waals surface area contributed by atoms with E-state index in [0.717, 1.165) is 12.5 Å². The Morgan fingerprint density at radius 1 is 1.33 bits per heavy atom. The minimum absolute atomic E-state index is 0.00675. The Kier molecular flexibility index (Phi) is 6.98. The van der Waals surface area contributed by atoms with Crippen molar-refractivity contribution < 1.29 is 9.90 Å². The number of nitrogens with one attached hydrogen (secondary N) is 1. The summed E-state index contributed by atoms with van der Waals surface area (Å²) in [6.45, 7) is 9.71. The molecule has 1 saturated carbocycles. The van der Waals surface area contributed by atoms with E-state index in [4.69, 9.17) is 0 Å². The zero-order chi connectivity index (χ0) is 16.0. The number of amides is 2. The first kappa shape index (κ1) is 18.3. The second-order valence-electron chi connectivity index (χ2n) is 7.88. The second kappa shape index (κ2) is 8.02. The zero-order valence-electron chi connectivity index (χ0n) is 14.5. The summed E-state index contributed by atoms with van der Waals surface area (Å²) in [6, 6.07) is 0.00675. The van der Waals surface area contributed by atoms with E-state index in [0.29, 0.717) is 18.9 Å². The van der Waals surface area contributed by atoms with E-state index in [2.05, 4.69) is 26.1 Å². The van der Waals surface area contributed by atoms with Crippen molar-refractivity contribution in [3.05, 3.63) is 0 Å². The highest BCUT2D eigenvalue weighted by Crippen LogP contribution is 2.28. The normalized spacial score (nSPS) is 24.5. The van der Waals surface area contributed by atoms with Gasteiger partial charge in [-0.05, 0) is 43.4 Å². The number of hydrogen-bond acceptors (Lipinski definition) is 2. The van der Waals surface area contributed by atoms with E-state index in [9.17, 15) is 9.90 Å². The Hall–Kier alpha value is -0.770. The number of aliphatic hydroxyl groups is 1. The van der Waals surface area contributed by atoms with Gasteiger partial charge in [0.25, 0.3) is 0 Å². The van der Waals surface area contributed by atoms with Crippen LogP contribution in [0.25, 0.3) is 0 Å². The molecule has 0 spiro atoms. The summed E-state index contributed by atoms with van der Waals surface area (Å²) in [4.78, 5) is 14.0. The van der Waals surface area contributed by atoms with Crippen LogP contribution in [0.15, 0.2) is 0 Å². The summed E-state index contributed by atoms with van der Waals surface area (Å²) in [6.07, 6.45) is 5.43. The SMILES string of the molecule is CC(O)CC(C)(C)CNC(=O)N(C)CC1CCC(C)CC1. The Bertz CT molecular complexity index is 321. The van der Waals surface area contributed by atoms with E-state index in [1.807, 2.05) is 11.9 Å². The molecule has 0 aromatic rings. The molecule has 0 heterocycles. The van der Waals surface area contributed by atoms with Crippen LogP contribution in [0.4, 0.5) is 4.79 Å². The van der Waals surface area contributed by atoms with Crippen molar-refractivity contribution in [2.45, 2.75) is 65.9 Å². The Morgan fingerprint density at radius 2 is 1.90 bits per heavy atom. The molecular formula is C17H34N2O2. The standard InChI is InChI=1S/C17H34N2O2/c1-13-6-8-15(9-7-13)11-19(5)16(21)18-12-17(3,4)10-14(2)20/h13-15,20H,6-12H2,1-5H3,(H,18,21). The molecular weight excluding hydrogens is 264 g/mol. The molecule has 0 radical (unpaired) electrons. The Balaban J connectivity index is 2.31. The number of hydrogen-bond donors (Lipinski definition) is 2. The highest BCUT2D eigenvalue weighted by molar-refractivity contribution is 5.73. The van der Waals surface area contributed by atoms with E-state index in [-0.39, 0.29) is 17.6 Å². The van der Waals surface area contributed by atoms with Crippen LogP contribution in [-0.4, -0.2) is 42.3 Å². The van der Waals surface area contributed by atoms with Crippen LogP contribution >= 0.6 is 0 Å². The molecule has 4 nitrogen and oxygen atoms in total. The smallest absolute Gasteiger partial charge is 0.317 e. The molecule has 4 heteroatoms. The van der Waals surface area contributed by atoms with Crippen LogP contribution in [0, 0.1) is 17.3 Å². The fourth-order valence-electron chi connectivity index (χ4n) is 3.30. The minimum atomic E-state index is -0.334. The van der Waals surface area contributed by atoms with E-state index in [1.54, 1.807) is 6.92 Å². The molecule has 1 rings (SSSR count). The first-order chi connectivity index (χ1) is 9.69. The molecule has 1 atom stereocenters. The van der Waals surface area contributed by atoms with Crippen molar-refractivity contribution in [2.75, 3.05) is 20.1 Å². The molecule has 2 N–H and O–H groups in total. The van der Waals surface area contributed by atoms with Gasteiger partial charge in [0.1, 0.15) is 0 Å². The summed E-state index contributed by atoms with van der Waals surface area (Å²) in [5.74, 6) is 1.50. The highest BCUT2D eigenvalue weighted by Gasteiger charge is 2.24. The number of aliphatic hydroxyl groups excluding tert-OH is 1. The maximum atomic E-state index is 12.2. The van der Waals surface area contributed by atoms with Gasteiger partial charge in [0, 0.05) is 20.1 Å². The third-order valence-electron chi connectivity index (χ3n) is 4.58. The molecule has 1 aliphatic rings. The molecule has 1 fully saturated rings. The molecule has 21 heavy (non-hydrogen) atoms. The highest BCUT2D eigenvalue weighted by atomic mass is 16.3. The van der Waals surface area contributed by atoms with Gasteiger partial charge < -0.3 is 15.3 Å². The minimum Gasteiger partial charge on any atom is -0.393 e. The monoisotopic (exact) mass is 298 g/mol. The summed E-state index contributed by atoms with van der Waals surface area (Å²) in [5.41, 5.74) is -0.0784. The van der Waals surface area contributed by atoms with Crippen LogP contribution in [0.3, 0.4) is 0 Å². The maximum Gasteiger partial charge on any atom is 0.317 e. The predicted octanol–water partition coefficient (Wildman–Crippen LogP) is 3.25. The summed E-state index contributed by atoms with van der Waals surface area (Å²) in [5, 5.41) is 12.5. The number of carbonyl (C=O) groups excluding carboxylic acids is 1. The molecule has 0 aliphatic heterocycles. The molecule has 0 aromatic heterocycles. The van der Waals surface area contributed by atoms with Crippen LogP contribution in [0.2, 0.25) is 0 Å². The first-order valence-corrected chi connectivity index (χ1v) is 8.36. The van der Waals surface area contributed by atoms with Gasteiger partial charge in [-0.2, -0.15) is 0 Å². The van der Waals surface area contributed by atoms with E-state index >= 15 is 0 Å². The van der Waals surface area contributed by atoms with Crippen molar-refractivity contribution in [3.8, 4) is 0 Å². The lowest BCUT2D eigenvalue weighted by atomic mass is 9.83. The third-order valence-corrected chi connectivity index (χ3v) is 4.58. The largest absolute Gasteiger partial charge is 0.393 e. The fourth-order valence-corrected chi connectivity index (χ4v) is 3.30. The van der Waals surface area contributed by atoms with Crippen molar-refractivity contribution >= 4 is 6.03 Å². The van der Waals surface area contributed by atoms with E-state index < -0.39 is 0 Å². The van der Waals surface area contributed by atoms with Gasteiger partial charge in [0.05, 0.1) is 6.10 Å². The number of nitrogens with zero attached hydrogens (tertiary/aromatic N) is 1. The van der Waals surface area contributed by atoms with Gasteiger partial charge in [0.2, 0.25) is 0 Å². The van der Waals surface area contributed by atoms with Crippen LogP contribution in [0.1, 0.15) is 59.8 Å². The summed E-state index contributed by atoms with van der Waals surface area (Å²) in [7, 11) is 1.88. The van der Waals surface area contributed by atoms with Gasteiger partial charge in [-0.1, -0.05) is 33.6 Å². The molecule has 0 saturated heterocycles. The molecule has 124 valence electrons. The van der Waals surface area contributed by atoms with Gasteiger partial charge in [-0.25, -0.2) is 4.79 Å². The third kappa shape index (κ3) is 7.16. The molecule has 2 amide bonds. The Morgan fingerprint density at radius 3 is 2.43 bits per heavy atom. The topological polar surface area (TPSA) is 52.6 Å². The van der Waals surface area contributed by atoms with Crippen molar-refractivity contribution in [2.24, 2.45) is 17.3 Å². The van der Waals surface area contributed by atoms with Crippen molar-refractivity contribution in [3.63, 3.8) is 0 Å². The van der Waals surface area contributed by atoms with Crippen molar-refractivity contribution in [1.29, 1.82) is 0 Å². The van der Waals surface area contributed by atoms with Gasteiger partial charge in [-0.3, -0.25) is 0 Å². The average molecular weight is 298 g/mol. The first-order valence-electron chi connectivity index (χ1n) is 8.36. The number of carbonyl (C=O) groups is 1. The fraction of sp³-hybridized carbons (Fsp3) is 0.941. The van der Waals surface area contributed by atoms with E-state index in [1.165, 1.54) is 25.7 Å². The lowest BCUT2D eigenvalue weighted by Gasteiger charge is -2.31. The average Bonchev–Trinajstić information content (AvgIpc) is 2.37. The maximum absolute atomic E-state index is 12.2.